The zero-order valence-corrected chi connectivity index (χ0v) is 14.8. The summed E-state index contributed by atoms with van der Waals surface area (Å²) >= 11 is 0. The number of rotatable bonds is 2. The molecule has 1 saturated heterocycles. The van der Waals surface area contributed by atoms with Gasteiger partial charge < -0.3 is 9.47 Å². The molecule has 1 atom stereocenters. The van der Waals surface area contributed by atoms with E-state index in [1.54, 1.807) is 10.6 Å². The van der Waals surface area contributed by atoms with E-state index in [0.29, 0.717) is 12.2 Å². The van der Waals surface area contributed by atoms with Crippen molar-refractivity contribution in [3.8, 4) is 0 Å². The van der Waals surface area contributed by atoms with Crippen molar-refractivity contribution in [2.24, 2.45) is 7.05 Å². The fraction of sp³-hybridized carbons (Fsp3) is 0.444. The van der Waals surface area contributed by atoms with Crippen LogP contribution in [0.5, 0.6) is 0 Å². The minimum atomic E-state index is -0.0264. The number of aromatic nitrogens is 5. The number of carbonyl (C=O) groups is 1. The summed E-state index contributed by atoms with van der Waals surface area (Å²) < 4.78 is 3.78. The summed E-state index contributed by atoms with van der Waals surface area (Å²) in [6, 6.07) is 3.75. The lowest BCUT2D eigenvalue weighted by Crippen LogP contribution is -2.39. The molecule has 4 rings (SSSR count). The highest BCUT2D eigenvalue weighted by Gasteiger charge is 2.28. The van der Waals surface area contributed by atoms with Gasteiger partial charge in [-0.25, -0.2) is 14.5 Å². The standard InChI is InChI=1S/C18H22N6O/c1-12-9-13(2)24-16(20-12)10-15(21-24)18(25)23-7-4-5-14(11-23)17-19-6-8-22(17)3/h6,8-10,14H,4-5,7,11H2,1-3H3/t14-/m0/s1. The molecular weight excluding hydrogens is 316 g/mol. The molecule has 7 heteroatoms. The second-order valence-corrected chi connectivity index (χ2v) is 6.83. The van der Waals surface area contributed by atoms with Gasteiger partial charge in [0, 0.05) is 55.9 Å². The average molecular weight is 338 g/mol. The van der Waals surface area contributed by atoms with Crippen LogP contribution in [-0.4, -0.2) is 48.0 Å². The molecule has 130 valence electrons. The summed E-state index contributed by atoms with van der Waals surface area (Å²) in [5.41, 5.74) is 3.09. The molecule has 0 bridgehead atoms. The van der Waals surface area contributed by atoms with Crippen LogP contribution in [0.3, 0.4) is 0 Å². The number of hydrogen-bond donors (Lipinski definition) is 0. The molecule has 0 N–H and O–H groups in total. The van der Waals surface area contributed by atoms with Gasteiger partial charge in [0.2, 0.25) is 0 Å². The number of imidazole rings is 1. The van der Waals surface area contributed by atoms with Gasteiger partial charge in [-0.05, 0) is 32.8 Å². The van der Waals surface area contributed by atoms with Gasteiger partial charge >= 0.3 is 0 Å². The Morgan fingerprint density at radius 1 is 1.28 bits per heavy atom. The number of likely N-dealkylation sites (tertiary alicyclic amines) is 1. The Kier molecular flexibility index (Phi) is 3.78. The minimum Gasteiger partial charge on any atom is -0.338 e. The van der Waals surface area contributed by atoms with Gasteiger partial charge in [0.05, 0.1) is 0 Å². The first-order chi connectivity index (χ1) is 12.0. The number of carbonyl (C=O) groups excluding carboxylic acids is 1. The van der Waals surface area contributed by atoms with Crippen LogP contribution in [0, 0.1) is 13.8 Å². The van der Waals surface area contributed by atoms with Gasteiger partial charge in [0.15, 0.2) is 11.3 Å². The van der Waals surface area contributed by atoms with E-state index < -0.39 is 0 Å². The quantitative estimate of drug-likeness (QED) is 0.717. The van der Waals surface area contributed by atoms with E-state index in [1.807, 2.05) is 48.8 Å². The van der Waals surface area contributed by atoms with Crippen molar-refractivity contribution in [2.75, 3.05) is 13.1 Å². The summed E-state index contributed by atoms with van der Waals surface area (Å²) in [5, 5.41) is 4.48. The highest BCUT2D eigenvalue weighted by Crippen LogP contribution is 2.26. The van der Waals surface area contributed by atoms with E-state index >= 15 is 0 Å². The Morgan fingerprint density at radius 3 is 2.88 bits per heavy atom. The van der Waals surface area contributed by atoms with E-state index in [-0.39, 0.29) is 11.8 Å². The average Bonchev–Trinajstić information content (AvgIpc) is 3.20. The molecule has 4 heterocycles. The van der Waals surface area contributed by atoms with Gasteiger partial charge in [-0.3, -0.25) is 4.79 Å². The van der Waals surface area contributed by atoms with Crippen LogP contribution >= 0.6 is 0 Å². The molecule has 0 aliphatic carbocycles. The zero-order chi connectivity index (χ0) is 17.6. The molecule has 1 aliphatic heterocycles. The van der Waals surface area contributed by atoms with Crippen molar-refractivity contribution in [3.05, 3.63) is 47.4 Å². The zero-order valence-electron chi connectivity index (χ0n) is 14.8. The maximum absolute atomic E-state index is 13.0. The number of nitrogens with zero attached hydrogens (tertiary/aromatic N) is 6. The highest BCUT2D eigenvalue weighted by atomic mass is 16.2. The summed E-state index contributed by atoms with van der Waals surface area (Å²) in [6.45, 7) is 5.37. The Morgan fingerprint density at radius 2 is 2.12 bits per heavy atom. The monoisotopic (exact) mass is 338 g/mol. The van der Waals surface area contributed by atoms with Crippen molar-refractivity contribution in [1.82, 2.24) is 29.0 Å². The first-order valence-corrected chi connectivity index (χ1v) is 8.63. The number of hydrogen-bond acceptors (Lipinski definition) is 4. The largest absolute Gasteiger partial charge is 0.338 e. The predicted octanol–water partition coefficient (Wildman–Crippen LogP) is 2.10. The molecule has 0 spiro atoms. The van der Waals surface area contributed by atoms with E-state index in [0.717, 1.165) is 42.2 Å². The minimum absolute atomic E-state index is 0.0264. The number of aryl methyl sites for hydroxylation is 3. The van der Waals surface area contributed by atoms with Crippen molar-refractivity contribution in [1.29, 1.82) is 0 Å². The normalized spacial score (nSPS) is 18.0. The summed E-state index contributed by atoms with van der Waals surface area (Å²) in [4.78, 5) is 23.8. The van der Waals surface area contributed by atoms with Crippen molar-refractivity contribution >= 4 is 11.6 Å². The summed E-state index contributed by atoms with van der Waals surface area (Å²) in [7, 11) is 2.00. The fourth-order valence-electron chi connectivity index (χ4n) is 3.70. The lowest BCUT2D eigenvalue weighted by atomic mass is 9.97. The van der Waals surface area contributed by atoms with Crippen LogP contribution in [-0.2, 0) is 7.05 Å². The predicted molar refractivity (Wildman–Crippen MR) is 93.5 cm³/mol. The van der Waals surface area contributed by atoms with Crippen LogP contribution in [0.1, 0.15) is 46.5 Å². The molecule has 3 aromatic rings. The van der Waals surface area contributed by atoms with E-state index in [9.17, 15) is 4.79 Å². The van der Waals surface area contributed by atoms with Crippen LogP contribution in [0.4, 0.5) is 0 Å². The Hall–Kier alpha value is -2.70. The molecule has 3 aromatic heterocycles. The molecular formula is C18H22N6O. The maximum atomic E-state index is 13.0. The van der Waals surface area contributed by atoms with Crippen molar-refractivity contribution in [2.45, 2.75) is 32.6 Å². The second kappa shape index (κ2) is 5.98. The third kappa shape index (κ3) is 2.79. The molecule has 0 radical (unpaired) electrons. The molecule has 7 nitrogen and oxygen atoms in total. The first kappa shape index (κ1) is 15.8. The third-order valence-corrected chi connectivity index (χ3v) is 4.88. The molecule has 0 saturated carbocycles. The Labute approximate surface area is 146 Å². The molecule has 25 heavy (non-hydrogen) atoms. The lowest BCUT2D eigenvalue weighted by Gasteiger charge is -2.32. The molecule has 1 aliphatic rings. The van der Waals surface area contributed by atoms with Gasteiger partial charge in [-0.1, -0.05) is 0 Å². The van der Waals surface area contributed by atoms with Gasteiger partial charge in [-0.2, -0.15) is 5.10 Å². The summed E-state index contributed by atoms with van der Waals surface area (Å²) in [6.07, 6.45) is 5.80. The van der Waals surface area contributed by atoms with Crippen LogP contribution in [0.25, 0.3) is 5.65 Å². The Bertz CT molecular complexity index is 940. The van der Waals surface area contributed by atoms with E-state index in [4.69, 9.17) is 0 Å². The number of fused-ring (bicyclic) bond motifs is 1. The van der Waals surface area contributed by atoms with Gasteiger partial charge in [0.25, 0.3) is 5.91 Å². The Balaban J connectivity index is 1.60. The SMILES string of the molecule is Cc1cc(C)n2nc(C(=O)N3CCC[C@H](c4nccn4C)C3)cc2n1. The second-order valence-electron chi connectivity index (χ2n) is 6.83. The van der Waals surface area contributed by atoms with E-state index in [1.165, 1.54) is 0 Å². The fourth-order valence-corrected chi connectivity index (χ4v) is 3.70. The lowest BCUT2D eigenvalue weighted by molar-refractivity contribution is 0.0697. The number of amides is 1. The summed E-state index contributed by atoms with van der Waals surface area (Å²) in [5.74, 6) is 1.29. The first-order valence-electron chi connectivity index (χ1n) is 8.63. The van der Waals surface area contributed by atoms with Crippen LogP contribution in [0.2, 0.25) is 0 Å². The molecule has 0 aromatic carbocycles. The third-order valence-electron chi connectivity index (χ3n) is 4.88. The maximum Gasteiger partial charge on any atom is 0.274 e. The van der Waals surface area contributed by atoms with Crippen LogP contribution in [0.15, 0.2) is 24.5 Å². The van der Waals surface area contributed by atoms with E-state index in [2.05, 4.69) is 15.1 Å². The van der Waals surface area contributed by atoms with Crippen LogP contribution < -0.4 is 0 Å². The highest BCUT2D eigenvalue weighted by molar-refractivity contribution is 5.93. The smallest absolute Gasteiger partial charge is 0.274 e. The number of piperidine rings is 1. The molecule has 1 amide bonds. The van der Waals surface area contributed by atoms with Crippen molar-refractivity contribution < 1.29 is 4.79 Å². The molecule has 1 fully saturated rings. The van der Waals surface area contributed by atoms with Crippen molar-refractivity contribution in [3.63, 3.8) is 0 Å². The van der Waals surface area contributed by atoms with Gasteiger partial charge in [0.1, 0.15) is 5.82 Å². The topological polar surface area (TPSA) is 68.3 Å². The molecule has 0 unspecified atom stereocenters. The van der Waals surface area contributed by atoms with Gasteiger partial charge in [-0.15, -0.1) is 0 Å².